The Labute approximate surface area is 97.7 Å². The lowest BCUT2D eigenvalue weighted by molar-refractivity contribution is 0.420. The molecule has 3 heteroatoms. The largest absolute Gasteiger partial charge is 0.496 e. The molecule has 0 fully saturated rings. The van der Waals surface area contributed by atoms with E-state index in [0.29, 0.717) is 0 Å². The molecule has 3 nitrogen and oxygen atoms in total. The molecule has 0 saturated carbocycles. The molecule has 3 aromatic rings. The first-order chi connectivity index (χ1) is 8.29. The van der Waals surface area contributed by atoms with Gasteiger partial charge < -0.3 is 9.72 Å². The Hall–Kier alpha value is -2.29. The minimum Gasteiger partial charge on any atom is -0.496 e. The van der Waals surface area contributed by atoms with Gasteiger partial charge in [-0.1, -0.05) is 24.3 Å². The first kappa shape index (κ1) is 9.90. The van der Waals surface area contributed by atoms with E-state index in [2.05, 4.69) is 4.98 Å². The molecule has 1 heterocycles. The first-order valence-corrected chi connectivity index (χ1v) is 5.38. The average molecular weight is 225 g/mol. The van der Waals surface area contributed by atoms with Crippen LogP contribution in [0.3, 0.4) is 0 Å². The smallest absolute Gasteiger partial charge is 0.248 e. The van der Waals surface area contributed by atoms with Crippen LogP contribution in [0.15, 0.2) is 47.3 Å². The van der Waals surface area contributed by atoms with Gasteiger partial charge in [-0.05, 0) is 22.9 Å². The third kappa shape index (κ3) is 1.47. The van der Waals surface area contributed by atoms with Crippen LogP contribution in [-0.2, 0) is 0 Å². The van der Waals surface area contributed by atoms with Gasteiger partial charge in [0.05, 0.1) is 12.6 Å². The van der Waals surface area contributed by atoms with E-state index < -0.39 is 0 Å². The number of ether oxygens (including phenoxy) is 1. The van der Waals surface area contributed by atoms with Crippen molar-refractivity contribution in [1.29, 1.82) is 0 Å². The molecule has 0 unspecified atom stereocenters. The molecule has 84 valence electrons. The van der Waals surface area contributed by atoms with Crippen molar-refractivity contribution in [2.75, 3.05) is 7.11 Å². The molecule has 0 aliphatic carbocycles. The van der Waals surface area contributed by atoms with Crippen LogP contribution in [-0.4, -0.2) is 12.1 Å². The van der Waals surface area contributed by atoms with Crippen LogP contribution in [0.25, 0.3) is 21.7 Å². The number of hydrogen-bond acceptors (Lipinski definition) is 2. The van der Waals surface area contributed by atoms with Crippen molar-refractivity contribution in [3.8, 4) is 5.75 Å². The van der Waals surface area contributed by atoms with Gasteiger partial charge in [0.1, 0.15) is 5.75 Å². The zero-order valence-corrected chi connectivity index (χ0v) is 9.36. The van der Waals surface area contributed by atoms with Gasteiger partial charge in [-0.2, -0.15) is 0 Å². The Morgan fingerprint density at radius 3 is 2.59 bits per heavy atom. The molecule has 0 bridgehead atoms. The van der Waals surface area contributed by atoms with E-state index in [-0.39, 0.29) is 5.56 Å². The van der Waals surface area contributed by atoms with E-state index in [1.807, 2.05) is 36.4 Å². The van der Waals surface area contributed by atoms with E-state index in [1.54, 1.807) is 7.11 Å². The predicted octanol–water partition coefficient (Wildman–Crippen LogP) is 2.69. The number of fused-ring (bicyclic) bond motifs is 3. The SMILES string of the molecule is COc1cccc2ccc3ccc(=O)[nH]c3c12. The monoisotopic (exact) mass is 225 g/mol. The summed E-state index contributed by atoms with van der Waals surface area (Å²) >= 11 is 0. The van der Waals surface area contributed by atoms with E-state index in [0.717, 1.165) is 27.4 Å². The van der Waals surface area contributed by atoms with Crippen LogP contribution in [0.1, 0.15) is 0 Å². The van der Waals surface area contributed by atoms with Gasteiger partial charge in [0.15, 0.2) is 0 Å². The summed E-state index contributed by atoms with van der Waals surface area (Å²) in [4.78, 5) is 14.3. The molecule has 1 N–H and O–H groups in total. The van der Waals surface area contributed by atoms with Crippen LogP contribution in [0.5, 0.6) is 5.75 Å². The zero-order valence-electron chi connectivity index (χ0n) is 9.36. The molecule has 0 aliphatic heterocycles. The quantitative estimate of drug-likeness (QED) is 0.647. The lowest BCUT2D eigenvalue weighted by Crippen LogP contribution is -2.02. The molecule has 0 amide bonds. The summed E-state index contributed by atoms with van der Waals surface area (Å²) in [5, 5.41) is 3.01. The Bertz CT molecular complexity index is 759. The molecular weight excluding hydrogens is 214 g/mol. The van der Waals surface area contributed by atoms with Crippen LogP contribution in [0, 0.1) is 0 Å². The molecular formula is C14H11NO2. The number of rotatable bonds is 1. The number of benzene rings is 2. The van der Waals surface area contributed by atoms with Crippen molar-refractivity contribution < 1.29 is 4.74 Å². The number of H-pyrrole nitrogens is 1. The number of methoxy groups -OCH3 is 1. The van der Waals surface area contributed by atoms with Gasteiger partial charge in [-0.25, -0.2) is 0 Å². The highest BCUT2D eigenvalue weighted by Gasteiger charge is 2.06. The third-order valence-electron chi connectivity index (χ3n) is 2.92. The molecule has 2 aromatic carbocycles. The van der Waals surface area contributed by atoms with Crippen molar-refractivity contribution in [2.45, 2.75) is 0 Å². The van der Waals surface area contributed by atoms with Crippen LogP contribution >= 0.6 is 0 Å². The molecule has 0 atom stereocenters. The standard InChI is InChI=1S/C14H11NO2/c1-17-11-4-2-3-9-5-6-10-7-8-12(16)15-14(10)13(9)11/h2-8H,1H3,(H,15,16). The average Bonchev–Trinajstić information content (AvgIpc) is 2.37. The van der Waals surface area contributed by atoms with Gasteiger partial charge in [-0.3, -0.25) is 4.79 Å². The number of nitrogens with one attached hydrogen (secondary N) is 1. The minimum absolute atomic E-state index is 0.101. The Morgan fingerprint density at radius 2 is 1.76 bits per heavy atom. The fourth-order valence-electron chi connectivity index (χ4n) is 2.14. The highest BCUT2D eigenvalue weighted by atomic mass is 16.5. The predicted molar refractivity (Wildman–Crippen MR) is 68.6 cm³/mol. The van der Waals surface area contributed by atoms with E-state index in [4.69, 9.17) is 4.74 Å². The second-order valence-corrected chi connectivity index (χ2v) is 3.91. The Balaban J connectivity index is 2.61. The maximum Gasteiger partial charge on any atom is 0.248 e. The van der Waals surface area contributed by atoms with Crippen LogP contribution < -0.4 is 10.3 Å². The fourth-order valence-corrected chi connectivity index (χ4v) is 2.14. The van der Waals surface area contributed by atoms with Gasteiger partial charge >= 0.3 is 0 Å². The number of aromatic nitrogens is 1. The second-order valence-electron chi connectivity index (χ2n) is 3.91. The van der Waals surface area contributed by atoms with Crippen molar-refractivity contribution in [1.82, 2.24) is 4.98 Å². The number of aromatic amines is 1. The summed E-state index contributed by atoms with van der Waals surface area (Å²) in [5.41, 5.74) is 0.725. The summed E-state index contributed by atoms with van der Waals surface area (Å²) in [5.74, 6) is 0.773. The highest BCUT2D eigenvalue weighted by molar-refractivity contribution is 6.08. The van der Waals surface area contributed by atoms with E-state index in [1.165, 1.54) is 6.07 Å². The molecule has 0 saturated heterocycles. The molecule has 3 rings (SSSR count). The molecule has 0 radical (unpaired) electrons. The van der Waals surface area contributed by atoms with Gasteiger partial charge in [0.2, 0.25) is 5.56 Å². The summed E-state index contributed by atoms with van der Waals surface area (Å²) in [6.07, 6.45) is 0. The maximum atomic E-state index is 11.4. The summed E-state index contributed by atoms with van der Waals surface area (Å²) in [7, 11) is 1.63. The van der Waals surface area contributed by atoms with Gasteiger partial charge in [0.25, 0.3) is 0 Å². The Kier molecular flexibility index (Phi) is 2.11. The maximum absolute atomic E-state index is 11.4. The van der Waals surface area contributed by atoms with Crippen molar-refractivity contribution in [3.63, 3.8) is 0 Å². The molecule has 0 aliphatic rings. The van der Waals surface area contributed by atoms with Crippen LogP contribution in [0.2, 0.25) is 0 Å². The van der Waals surface area contributed by atoms with Crippen molar-refractivity contribution in [2.24, 2.45) is 0 Å². The Morgan fingerprint density at radius 1 is 1.00 bits per heavy atom. The molecule has 0 spiro atoms. The highest BCUT2D eigenvalue weighted by Crippen LogP contribution is 2.30. The van der Waals surface area contributed by atoms with Crippen molar-refractivity contribution in [3.05, 3.63) is 52.8 Å². The van der Waals surface area contributed by atoms with Crippen LogP contribution in [0.4, 0.5) is 0 Å². The summed E-state index contributed by atoms with van der Waals surface area (Å²) < 4.78 is 5.35. The van der Waals surface area contributed by atoms with E-state index >= 15 is 0 Å². The second kappa shape index (κ2) is 3.63. The summed E-state index contributed by atoms with van der Waals surface area (Å²) in [6, 6.07) is 13.2. The van der Waals surface area contributed by atoms with E-state index in [9.17, 15) is 4.79 Å². The normalized spacial score (nSPS) is 10.9. The fraction of sp³-hybridized carbons (Fsp3) is 0.0714. The third-order valence-corrected chi connectivity index (χ3v) is 2.92. The lowest BCUT2D eigenvalue weighted by Gasteiger charge is -2.08. The molecule has 17 heavy (non-hydrogen) atoms. The minimum atomic E-state index is -0.101. The summed E-state index contributed by atoms with van der Waals surface area (Å²) in [6.45, 7) is 0. The number of hydrogen-bond donors (Lipinski definition) is 1. The lowest BCUT2D eigenvalue weighted by atomic mass is 10.1. The van der Waals surface area contributed by atoms with Gasteiger partial charge in [0, 0.05) is 11.5 Å². The zero-order chi connectivity index (χ0) is 11.8. The van der Waals surface area contributed by atoms with Crippen molar-refractivity contribution >= 4 is 21.7 Å². The topological polar surface area (TPSA) is 42.1 Å². The van der Waals surface area contributed by atoms with Gasteiger partial charge in [-0.15, -0.1) is 0 Å². The molecule has 1 aromatic heterocycles. The first-order valence-electron chi connectivity index (χ1n) is 5.38. The number of pyridine rings is 1.